The zero-order valence-corrected chi connectivity index (χ0v) is 26.6. The minimum atomic E-state index is -0.982. The summed E-state index contributed by atoms with van der Waals surface area (Å²) in [6, 6.07) is 0. The van der Waals surface area contributed by atoms with Gasteiger partial charge < -0.3 is 43.6 Å². The molecule has 0 aliphatic rings. The van der Waals surface area contributed by atoms with Crippen molar-refractivity contribution in [2.45, 2.75) is 90.4 Å². The highest BCUT2D eigenvalue weighted by Gasteiger charge is 2.04. The average molecular weight is 622 g/mol. The number of carbonyl (C=O) groups excluding carboxylic acids is 2. The highest BCUT2D eigenvalue weighted by Crippen LogP contribution is 2.10. The number of hydrogen-bond donors (Lipinski definition) is 2. The van der Waals surface area contributed by atoms with E-state index in [0.29, 0.717) is 98.7 Å². The number of carboxylic acid groups (broad SMARTS) is 1. The molecule has 12 nitrogen and oxygen atoms in total. The predicted molar refractivity (Wildman–Crippen MR) is 162 cm³/mol. The summed E-state index contributed by atoms with van der Waals surface area (Å²) in [5.74, 6) is -1.39. The first-order valence-electron chi connectivity index (χ1n) is 16.2. The van der Waals surface area contributed by atoms with Crippen molar-refractivity contribution in [2.75, 3.05) is 92.4 Å². The Balaban J connectivity index is 3.16. The van der Waals surface area contributed by atoms with Crippen LogP contribution < -0.4 is 5.32 Å². The zero-order valence-electron chi connectivity index (χ0n) is 26.6. The van der Waals surface area contributed by atoms with E-state index in [0.717, 1.165) is 12.8 Å². The van der Waals surface area contributed by atoms with Crippen LogP contribution in [0, 0.1) is 0 Å². The van der Waals surface area contributed by atoms with Gasteiger partial charge in [0.1, 0.15) is 6.61 Å². The number of unbranched alkanes of at least 4 members (excludes halogenated alkanes) is 8. The minimum Gasteiger partial charge on any atom is -0.481 e. The first-order chi connectivity index (χ1) is 21.1. The normalized spacial score (nSPS) is 11.1. The van der Waals surface area contributed by atoms with E-state index in [1.54, 1.807) is 0 Å². The summed E-state index contributed by atoms with van der Waals surface area (Å²) < 4.78 is 37.8. The lowest BCUT2D eigenvalue weighted by molar-refractivity contribution is -0.145. The van der Waals surface area contributed by atoms with E-state index >= 15 is 0 Å². The first kappa shape index (κ1) is 41.2. The second-order valence-corrected chi connectivity index (χ2v) is 10.1. The predicted octanol–water partition coefficient (Wildman–Crippen LogP) is 3.92. The molecule has 0 rings (SSSR count). The van der Waals surface area contributed by atoms with Crippen LogP contribution >= 0.6 is 0 Å². The van der Waals surface area contributed by atoms with Crippen molar-refractivity contribution >= 4 is 17.8 Å². The van der Waals surface area contributed by atoms with Crippen LogP contribution in [0.15, 0.2) is 0 Å². The number of carboxylic acids is 1. The van der Waals surface area contributed by atoms with Crippen molar-refractivity contribution in [1.82, 2.24) is 5.32 Å². The van der Waals surface area contributed by atoms with Crippen molar-refractivity contribution in [2.24, 2.45) is 0 Å². The molecule has 0 heterocycles. The highest BCUT2D eigenvalue weighted by molar-refractivity contribution is 5.80. The molecular formula is C31H59NO11. The lowest BCUT2D eigenvalue weighted by Gasteiger charge is -2.09. The Morgan fingerprint density at radius 3 is 1.37 bits per heavy atom. The van der Waals surface area contributed by atoms with Gasteiger partial charge in [0.25, 0.3) is 0 Å². The standard InChI is InChI=1S/C31H59NO11/c1-2-3-4-5-6-7-8-9-10-12-31(36)43-28-27-42-26-25-41-24-23-40-22-21-39-20-19-38-18-17-37-16-11-15-32-29(33)13-14-30(34)35/h2-28H2,1H3,(H,32,33)(H,34,35). The van der Waals surface area contributed by atoms with Gasteiger partial charge in [-0.3, -0.25) is 14.4 Å². The molecule has 0 aliphatic carbocycles. The molecular weight excluding hydrogens is 562 g/mol. The molecule has 0 unspecified atom stereocenters. The summed E-state index contributed by atoms with van der Waals surface area (Å²) in [4.78, 5) is 33.5. The van der Waals surface area contributed by atoms with E-state index in [2.05, 4.69) is 12.2 Å². The molecule has 0 fully saturated rings. The number of ether oxygens (including phenoxy) is 7. The fourth-order valence-electron chi connectivity index (χ4n) is 3.78. The summed E-state index contributed by atoms with van der Waals surface area (Å²) in [5.41, 5.74) is 0. The Hall–Kier alpha value is -1.83. The van der Waals surface area contributed by atoms with Crippen molar-refractivity contribution in [3.63, 3.8) is 0 Å². The van der Waals surface area contributed by atoms with Gasteiger partial charge in [-0.15, -0.1) is 0 Å². The van der Waals surface area contributed by atoms with E-state index in [-0.39, 0.29) is 31.3 Å². The summed E-state index contributed by atoms with van der Waals surface area (Å²) in [7, 11) is 0. The second kappa shape index (κ2) is 34.7. The summed E-state index contributed by atoms with van der Waals surface area (Å²) in [6.07, 6.45) is 12.0. The van der Waals surface area contributed by atoms with Crippen LogP contribution in [0.4, 0.5) is 0 Å². The minimum absolute atomic E-state index is 0.00890. The molecule has 0 bridgehead atoms. The summed E-state index contributed by atoms with van der Waals surface area (Å²) in [6.45, 7) is 8.45. The fraction of sp³-hybridized carbons (Fsp3) is 0.903. The molecule has 0 saturated carbocycles. The quantitative estimate of drug-likeness (QED) is 0.0784. The first-order valence-corrected chi connectivity index (χ1v) is 16.2. The molecule has 0 atom stereocenters. The molecule has 43 heavy (non-hydrogen) atoms. The third-order valence-electron chi connectivity index (χ3n) is 6.19. The largest absolute Gasteiger partial charge is 0.481 e. The maximum atomic E-state index is 11.7. The van der Waals surface area contributed by atoms with Crippen molar-refractivity contribution < 1.29 is 52.6 Å². The molecule has 0 aromatic carbocycles. The number of hydrogen-bond acceptors (Lipinski definition) is 10. The fourth-order valence-corrected chi connectivity index (χ4v) is 3.78. The Morgan fingerprint density at radius 2 is 0.907 bits per heavy atom. The van der Waals surface area contributed by atoms with Gasteiger partial charge in [0, 0.05) is 26.0 Å². The smallest absolute Gasteiger partial charge is 0.305 e. The van der Waals surface area contributed by atoms with Crippen LogP contribution in [0.5, 0.6) is 0 Å². The molecule has 12 heteroatoms. The highest BCUT2D eigenvalue weighted by atomic mass is 16.6. The van der Waals surface area contributed by atoms with E-state index in [1.807, 2.05) is 0 Å². The Morgan fingerprint density at radius 1 is 0.488 bits per heavy atom. The van der Waals surface area contributed by atoms with E-state index < -0.39 is 5.97 Å². The van der Waals surface area contributed by atoms with Crippen LogP contribution in [0.2, 0.25) is 0 Å². The second-order valence-electron chi connectivity index (χ2n) is 10.1. The number of nitrogens with one attached hydrogen (secondary N) is 1. The number of carbonyl (C=O) groups is 3. The number of aliphatic carboxylic acids is 1. The molecule has 0 spiro atoms. The Bertz CT molecular complexity index is 637. The molecule has 0 aromatic heterocycles. The van der Waals surface area contributed by atoms with Crippen LogP contribution in [0.1, 0.15) is 90.4 Å². The molecule has 0 aliphatic heterocycles. The monoisotopic (exact) mass is 621 g/mol. The van der Waals surface area contributed by atoms with Gasteiger partial charge in [-0.25, -0.2) is 0 Å². The lowest BCUT2D eigenvalue weighted by Crippen LogP contribution is -2.25. The maximum Gasteiger partial charge on any atom is 0.305 e. The number of esters is 1. The van der Waals surface area contributed by atoms with Crippen LogP contribution in [-0.2, 0) is 47.5 Å². The Labute approximate surface area is 258 Å². The van der Waals surface area contributed by atoms with Crippen LogP contribution in [-0.4, -0.2) is 115 Å². The van der Waals surface area contributed by atoms with E-state index in [9.17, 15) is 14.4 Å². The molecule has 1 amide bonds. The summed E-state index contributed by atoms with van der Waals surface area (Å²) in [5, 5.41) is 11.2. The topological polar surface area (TPSA) is 148 Å². The van der Waals surface area contributed by atoms with E-state index in [4.69, 9.17) is 38.3 Å². The third kappa shape index (κ3) is 36.3. The van der Waals surface area contributed by atoms with Gasteiger partial charge in [-0.1, -0.05) is 58.3 Å². The van der Waals surface area contributed by atoms with E-state index in [1.165, 1.54) is 44.9 Å². The maximum absolute atomic E-state index is 11.7. The van der Waals surface area contributed by atoms with Crippen LogP contribution in [0.25, 0.3) is 0 Å². The summed E-state index contributed by atoms with van der Waals surface area (Å²) >= 11 is 0. The SMILES string of the molecule is CCCCCCCCCCCC(=O)OCCOCCOCCOCCOCCOCCOCCCNC(=O)CCC(=O)O. The van der Waals surface area contributed by atoms with Gasteiger partial charge in [0.05, 0.1) is 79.1 Å². The van der Waals surface area contributed by atoms with Crippen molar-refractivity contribution in [1.29, 1.82) is 0 Å². The number of rotatable bonds is 35. The van der Waals surface area contributed by atoms with Crippen molar-refractivity contribution in [3.8, 4) is 0 Å². The molecule has 0 radical (unpaired) electrons. The van der Waals surface area contributed by atoms with Crippen molar-refractivity contribution in [3.05, 3.63) is 0 Å². The van der Waals surface area contributed by atoms with Gasteiger partial charge >= 0.3 is 11.9 Å². The third-order valence-corrected chi connectivity index (χ3v) is 6.19. The van der Waals surface area contributed by atoms with Gasteiger partial charge in [-0.2, -0.15) is 0 Å². The van der Waals surface area contributed by atoms with Crippen LogP contribution in [0.3, 0.4) is 0 Å². The average Bonchev–Trinajstić information content (AvgIpc) is 2.99. The molecule has 0 saturated heterocycles. The zero-order chi connectivity index (χ0) is 31.5. The number of amides is 1. The molecule has 254 valence electrons. The molecule has 2 N–H and O–H groups in total. The van der Waals surface area contributed by atoms with Gasteiger partial charge in [-0.05, 0) is 12.8 Å². The Kier molecular flexibility index (Phi) is 33.2. The van der Waals surface area contributed by atoms with Gasteiger partial charge in [0.2, 0.25) is 5.91 Å². The van der Waals surface area contributed by atoms with Gasteiger partial charge in [0.15, 0.2) is 0 Å². The molecule has 0 aromatic rings. The lowest BCUT2D eigenvalue weighted by atomic mass is 10.1.